The summed E-state index contributed by atoms with van der Waals surface area (Å²) in [5.74, 6) is -0.800. The molecule has 9 nitrogen and oxygen atoms in total. The third kappa shape index (κ3) is 58.5. The van der Waals surface area contributed by atoms with Crippen LogP contribution in [0.5, 0.6) is 0 Å². The van der Waals surface area contributed by atoms with Crippen LogP contribution >= 0.6 is 7.82 Å². The van der Waals surface area contributed by atoms with E-state index in [1.54, 1.807) is 0 Å². The van der Waals surface area contributed by atoms with Crippen LogP contribution in [-0.4, -0.2) is 74.9 Å². The number of carbonyl (C=O) groups is 2. The molecule has 0 saturated heterocycles. The summed E-state index contributed by atoms with van der Waals surface area (Å²) >= 11 is 0. The maximum absolute atomic E-state index is 12.8. The highest BCUT2D eigenvalue weighted by Crippen LogP contribution is 2.43. The molecule has 0 radical (unpaired) electrons. The fraction of sp³-hybridized carbons (Fsp3) is 0.750. The third-order valence-electron chi connectivity index (χ3n) is 12.9. The molecule has 0 bridgehead atoms. The number of allylic oxidation sites excluding steroid dienone is 14. The second-order valence-electron chi connectivity index (χ2n) is 21.4. The van der Waals surface area contributed by atoms with E-state index in [4.69, 9.17) is 18.5 Å². The Balaban J connectivity index is 4.16. The number of nitrogens with zero attached hydrogens (tertiary/aromatic N) is 1. The maximum atomic E-state index is 12.8. The first-order valence-electron chi connectivity index (χ1n) is 30.3. The van der Waals surface area contributed by atoms with Gasteiger partial charge in [-0.3, -0.25) is 18.6 Å². The van der Waals surface area contributed by atoms with Crippen LogP contribution in [-0.2, 0) is 32.7 Å². The van der Waals surface area contributed by atoms with Crippen molar-refractivity contribution in [3.63, 3.8) is 0 Å². The van der Waals surface area contributed by atoms with Gasteiger partial charge in [0, 0.05) is 12.8 Å². The summed E-state index contributed by atoms with van der Waals surface area (Å²) in [5.41, 5.74) is 0. The van der Waals surface area contributed by atoms with Gasteiger partial charge in [-0.15, -0.1) is 0 Å². The molecule has 428 valence electrons. The zero-order valence-corrected chi connectivity index (χ0v) is 49.5. The van der Waals surface area contributed by atoms with Crippen LogP contribution in [0.2, 0.25) is 0 Å². The van der Waals surface area contributed by atoms with E-state index < -0.39 is 26.5 Å². The van der Waals surface area contributed by atoms with Gasteiger partial charge in [-0.2, -0.15) is 0 Å². The molecule has 0 fully saturated rings. The fourth-order valence-electron chi connectivity index (χ4n) is 8.25. The lowest BCUT2D eigenvalue weighted by molar-refractivity contribution is -0.870. The molecule has 0 spiro atoms. The smallest absolute Gasteiger partial charge is 0.462 e. The Bertz CT molecular complexity index is 1520. The molecule has 1 N–H and O–H groups in total. The van der Waals surface area contributed by atoms with E-state index in [9.17, 15) is 19.0 Å². The quantitative estimate of drug-likeness (QED) is 0.0211. The Morgan fingerprint density at radius 3 is 1.15 bits per heavy atom. The first-order chi connectivity index (χ1) is 36.0. The molecule has 0 aliphatic rings. The molecular weight excluding hydrogens is 942 g/mol. The summed E-state index contributed by atoms with van der Waals surface area (Å²) in [7, 11) is 1.47. The van der Waals surface area contributed by atoms with Crippen LogP contribution in [0, 0.1) is 0 Å². The standard InChI is InChI=1S/C64H114NO8P/c1-6-8-10-12-14-16-18-20-22-24-26-28-30-31-32-33-35-37-39-41-43-45-47-49-51-53-55-57-64(67)73-62(61-72-74(68,69)71-59-58-65(3,4)5)60-70-63(66)56-54-52-50-48-46-44-42-40-38-36-34-29-27-25-23-21-19-17-15-13-11-9-7-2/h8,10,14,16,19-22,25-28,31-32,62H,6-7,9,11-13,15,17-18,23-24,29-30,33-61H2,1-5H3/p+1/b10-8-,16-14-,21-19-,22-20-,27-25-,28-26-,32-31-. The van der Waals surface area contributed by atoms with Crippen molar-refractivity contribution in [3.05, 3.63) is 85.1 Å². The topological polar surface area (TPSA) is 108 Å². The van der Waals surface area contributed by atoms with Gasteiger partial charge >= 0.3 is 19.8 Å². The first-order valence-corrected chi connectivity index (χ1v) is 31.8. The van der Waals surface area contributed by atoms with Gasteiger partial charge in [-0.05, 0) is 89.9 Å². The third-order valence-corrected chi connectivity index (χ3v) is 13.9. The molecule has 74 heavy (non-hydrogen) atoms. The Kier molecular flexibility index (Phi) is 52.9. The number of unbranched alkanes of at least 4 members (excludes halogenated alkanes) is 27. The van der Waals surface area contributed by atoms with Crippen molar-refractivity contribution in [1.82, 2.24) is 0 Å². The van der Waals surface area contributed by atoms with Crippen LogP contribution in [0.25, 0.3) is 0 Å². The molecule has 0 rings (SSSR count). The van der Waals surface area contributed by atoms with Crippen molar-refractivity contribution >= 4 is 19.8 Å². The van der Waals surface area contributed by atoms with Crippen LogP contribution in [0.15, 0.2) is 85.1 Å². The number of ether oxygens (including phenoxy) is 2. The molecule has 0 saturated carbocycles. The van der Waals surface area contributed by atoms with E-state index >= 15 is 0 Å². The Morgan fingerprint density at radius 2 is 0.770 bits per heavy atom. The molecule has 10 heteroatoms. The minimum atomic E-state index is -4.39. The summed E-state index contributed by atoms with van der Waals surface area (Å²) in [6.07, 6.45) is 73.6. The number of hydrogen-bond donors (Lipinski definition) is 1. The van der Waals surface area contributed by atoms with Crippen molar-refractivity contribution in [2.75, 3.05) is 47.5 Å². The van der Waals surface area contributed by atoms with Gasteiger partial charge in [0.15, 0.2) is 6.10 Å². The van der Waals surface area contributed by atoms with E-state index in [2.05, 4.69) is 98.9 Å². The van der Waals surface area contributed by atoms with Gasteiger partial charge in [0.05, 0.1) is 27.7 Å². The predicted molar refractivity (Wildman–Crippen MR) is 316 cm³/mol. The van der Waals surface area contributed by atoms with Crippen molar-refractivity contribution < 1.29 is 42.1 Å². The van der Waals surface area contributed by atoms with Gasteiger partial charge in [-0.1, -0.05) is 240 Å². The summed E-state index contributed by atoms with van der Waals surface area (Å²) in [4.78, 5) is 35.8. The van der Waals surface area contributed by atoms with Gasteiger partial charge < -0.3 is 18.9 Å². The highest BCUT2D eigenvalue weighted by atomic mass is 31.2. The van der Waals surface area contributed by atoms with E-state index in [1.165, 1.54) is 141 Å². The average Bonchev–Trinajstić information content (AvgIpc) is 3.36. The highest BCUT2D eigenvalue weighted by molar-refractivity contribution is 7.47. The number of phosphoric acid groups is 1. The van der Waals surface area contributed by atoms with Crippen LogP contribution in [0.1, 0.15) is 258 Å². The van der Waals surface area contributed by atoms with E-state index in [-0.39, 0.29) is 32.0 Å². The van der Waals surface area contributed by atoms with Gasteiger partial charge in [0.25, 0.3) is 0 Å². The molecule has 2 atom stereocenters. The predicted octanol–water partition coefficient (Wildman–Crippen LogP) is 19.0. The first kappa shape index (κ1) is 71.2. The molecular formula is C64H115NO8P+. The van der Waals surface area contributed by atoms with Crippen molar-refractivity contribution in [3.8, 4) is 0 Å². The largest absolute Gasteiger partial charge is 0.472 e. The number of quaternary nitrogens is 1. The van der Waals surface area contributed by atoms with E-state index in [1.807, 2.05) is 21.1 Å². The number of phosphoric ester groups is 1. The number of esters is 2. The van der Waals surface area contributed by atoms with Crippen LogP contribution in [0.3, 0.4) is 0 Å². The molecule has 0 aromatic carbocycles. The molecule has 0 heterocycles. The number of likely N-dealkylation sites (N-methyl/N-ethyl adjacent to an activating group) is 1. The number of carbonyl (C=O) groups excluding carboxylic acids is 2. The lowest BCUT2D eigenvalue weighted by Crippen LogP contribution is -2.37. The molecule has 0 aromatic rings. The fourth-order valence-corrected chi connectivity index (χ4v) is 8.99. The summed E-state index contributed by atoms with van der Waals surface area (Å²) in [6.45, 7) is 4.32. The van der Waals surface area contributed by atoms with Gasteiger partial charge in [0.1, 0.15) is 19.8 Å². The van der Waals surface area contributed by atoms with Crippen molar-refractivity contribution in [2.45, 2.75) is 264 Å². The normalized spacial score (nSPS) is 13.9. The Morgan fingerprint density at radius 1 is 0.432 bits per heavy atom. The number of rotatable bonds is 55. The molecule has 2 unspecified atom stereocenters. The SMILES string of the molecule is CC/C=C\C/C=C\C/C=C\C/C=C\C/C=C\CCCCCCCCCCCCCC(=O)OC(COC(=O)CCCCCCCCCCCCC/C=C\C/C=C\CCCCCCC)COP(=O)(O)OCC[N+](C)(C)C. The summed E-state index contributed by atoms with van der Waals surface area (Å²) in [6, 6.07) is 0. The Labute approximate surface area is 456 Å². The molecule has 0 aliphatic carbocycles. The lowest BCUT2D eigenvalue weighted by atomic mass is 10.0. The van der Waals surface area contributed by atoms with Crippen molar-refractivity contribution in [2.24, 2.45) is 0 Å². The zero-order valence-electron chi connectivity index (χ0n) is 48.6. The van der Waals surface area contributed by atoms with Gasteiger partial charge in [0.2, 0.25) is 0 Å². The van der Waals surface area contributed by atoms with Crippen molar-refractivity contribution in [1.29, 1.82) is 0 Å². The lowest BCUT2D eigenvalue weighted by Gasteiger charge is -2.24. The van der Waals surface area contributed by atoms with Crippen LogP contribution in [0.4, 0.5) is 0 Å². The second kappa shape index (κ2) is 55.0. The molecule has 0 aromatic heterocycles. The van der Waals surface area contributed by atoms with Gasteiger partial charge in [-0.25, -0.2) is 4.57 Å². The second-order valence-corrected chi connectivity index (χ2v) is 22.8. The van der Waals surface area contributed by atoms with E-state index in [0.29, 0.717) is 17.4 Å². The monoisotopic (exact) mass is 1060 g/mol. The summed E-state index contributed by atoms with van der Waals surface area (Å²) < 4.78 is 34.6. The van der Waals surface area contributed by atoms with E-state index in [0.717, 1.165) is 83.5 Å². The van der Waals surface area contributed by atoms with Crippen LogP contribution < -0.4 is 0 Å². The summed E-state index contributed by atoms with van der Waals surface area (Å²) in [5, 5.41) is 0. The minimum absolute atomic E-state index is 0.0278. The maximum Gasteiger partial charge on any atom is 0.472 e. The Hall–Kier alpha value is -2.81. The highest BCUT2D eigenvalue weighted by Gasteiger charge is 2.27. The molecule has 0 amide bonds. The molecule has 0 aliphatic heterocycles. The number of hydrogen-bond acceptors (Lipinski definition) is 7. The minimum Gasteiger partial charge on any atom is -0.462 e. The zero-order chi connectivity index (χ0) is 54.2. The average molecular weight is 1060 g/mol.